The highest BCUT2D eigenvalue weighted by molar-refractivity contribution is 4.83. The van der Waals surface area contributed by atoms with Crippen molar-refractivity contribution in [1.82, 2.24) is 4.90 Å². The van der Waals surface area contributed by atoms with Crippen LogP contribution < -0.4 is 5.73 Å². The highest BCUT2D eigenvalue weighted by Crippen LogP contribution is 2.19. The Hall–Kier alpha value is -0.630. The zero-order valence-corrected chi connectivity index (χ0v) is 10.2. The van der Waals surface area contributed by atoms with E-state index in [0.29, 0.717) is 25.1 Å². The summed E-state index contributed by atoms with van der Waals surface area (Å²) in [6, 6.07) is 2.64. The monoisotopic (exact) mass is 225 g/mol. The maximum Gasteiger partial charge on any atom is 0.0621 e. The number of hydrogen-bond acceptors (Lipinski definition) is 4. The van der Waals surface area contributed by atoms with Crippen LogP contribution in [0.5, 0.6) is 0 Å². The Bertz CT molecular complexity index is 227. The average Bonchev–Trinajstić information content (AvgIpc) is 2.34. The summed E-state index contributed by atoms with van der Waals surface area (Å²) in [5.74, 6) is 0. The fourth-order valence-corrected chi connectivity index (χ4v) is 2.34. The molecule has 2 unspecified atom stereocenters. The standard InChI is InChI=1S/C12H23N3O/c1-16-12-5-8-15(11(9-12)10-14)7-4-2-3-6-13/h11-12H,2-5,7-10,14H2,1H3. The van der Waals surface area contributed by atoms with E-state index in [9.17, 15) is 0 Å². The molecule has 1 saturated heterocycles. The number of nitrogens with two attached hydrogens (primary N) is 1. The van der Waals surface area contributed by atoms with Gasteiger partial charge in [-0.3, -0.25) is 4.90 Å². The van der Waals surface area contributed by atoms with Gasteiger partial charge >= 0.3 is 0 Å². The molecule has 1 heterocycles. The second kappa shape index (κ2) is 7.61. The molecule has 1 rings (SSSR count). The Morgan fingerprint density at radius 2 is 2.31 bits per heavy atom. The van der Waals surface area contributed by atoms with Crippen molar-refractivity contribution in [3.63, 3.8) is 0 Å². The number of nitrogens with zero attached hydrogens (tertiary/aromatic N) is 2. The van der Waals surface area contributed by atoms with Gasteiger partial charge in [0.25, 0.3) is 0 Å². The first-order valence-electron chi connectivity index (χ1n) is 6.15. The summed E-state index contributed by atoms with van der Waals surface area (Å²) >= 11 is 0. The van der Waals surface area contributed by atoms with Gasteiger partial charge in [-0.15, -0.1) is 0 Å². The molecule has 0 radical (unpaired) electrons. The molecule has 0 amide bonds. The number of ether oxygens (including phenoxy) is 1. The lowest BCUT2D eigenvalue weighted by atomic mass is 9.99. The van der Waals surface area contributed by atoms with Gasteiger partial charge in [0.2, 0.25) is 0 Å². The summed E-state index contributed by atoms with van der Waals surface area (Å²) in [5.41, 5.74) is 5.79. The summed E-state index contributed by atoms with van der Waals surface area (Å²) in [4.78, 5) is 2.45. The first-order chi connectivity index (χ1) is 7.81. The molecule has 0 aromatic heterocycles. The summed E-state index contributed by atoms with van der Waals surface area (Å²) in [6.45, 7) is 2.85. The molecule has 1 aliphatic rings. The zero-order valence-electron chi connectivity index (χ0n) is 10.2. The molecule has 0 aliphatic carbocycles. The molecule has 4 nitrogen and oxygen atoms in total. The molecule has 0 aromatic rings. The molecule has 2 atom stereocenters. The van der Waals surface area contributed by atoms with Gasteiger partial charge < -0.3 is 10.5 Å². The van der Waals surface area contributed by atoms with Crippen molar-refractivity contribution in [3.05, 3.63) is 0 Å². The van der Waals surface area contributed by atoms with Crippen LogP contribution in [0.1, 0.15) is 32.1 Å². The van der Waals surface area contributed by atoms with E-state index in [-0.39, 0.29) is 0 Å². The van der Waals surface area contributed by atoms with E-state index in [4.69, 9.17) is 15.7 Å². The van der Waals surface area contributed by atoms with Gasteiger partial charge in [0.1, 0.15) is 0 Å². The SMILES string of the molecule is COC1CCN(CCCCC#N)C(CN)C1. The van der Waals surface area contributed by atoms with E-state index < -0.39 is 0 Å². The maximum atomic E-state index is 8.47. The van der Waals surface area contributed by atoms with Gasteiger partial charge in [-0.2, -0.15) is 5.26 Å². The van der Waals surface area contributed by atoms with Gasteiger partial charge in [0.15, 0.2) is 0 Å². The van der Waals surface area contributed by atoms with Crippen molar-refractivity contribution in [2.45, 2.75) is 44.2 Å². The fraction of sp³-hybridized carbons (Fsp3) is 0.917. The predicted octanol–water partition coefficient (Wildman–Crippen LogP) is 1.12. The van der Waals surface area contributed by atoms with E-state index in [2.05, 4.69) is 11.0 Å². The Kier molecular flexibility index (Phi) is 6.39. The molecule has 0 saturated carbocycles. The van der Waals surface area contributed by atoms with Crippen LogP contribution in [0.2, 0.25) is 0 Å². The maximum absolute atomic E-state index is 8.47. The number of unbranched alkanes of at least 4 members (excludes halogenated alkanes) is 2. The minimum atomic E-state index is 0.379. The molecule has 0 spiro atoms. The summed E-state index contributed by atoms with van der Waals surface area (Å²) < 4.78 is 5.39. The molecule has 0 bridgehead atoms. The second-order valence-corrected chi connectivity index (χ2v) is 4.42. The van der Waals surface area contributed by atoms with Gasteiger partial charge in [-0.1, -0.05) is 0 Å². The second-order valence-electron chi connectivity index (χ2n) is 4.42. The molecular formula is C12H23N3O. The van der Waals surface area contributed by atoms with E-state index >= 15 is 0 Å². The number of likely N-dealkylation sites (tertiary alicyclic amines) is 1. The van der Waals surface area contributed by atoms with Crippen molar-refractivity contribution in [3.8, 4) is 6.07 Å². The molecule has 4 heteroatoms. The van der Waals surface area contributed by atoms with Crippen LogP contribution in [-0.2, 0) is 4.74 Å². The highest BCUT2D eigenvalue weighted by Gasteiger charge is 2.26. The Labute approximate surface area is 98.4 Å². The fourth-order valence-electron chi connectivity index (χ4n) is 2.34. The number of hydrogen-bond donors (Lipinski definition) is 1. The summed E-state index contributed by atoms with van der Waals surface area (Å²) in [5, 5.41) is 8.47. The molecule has 92 valence electrons. The lowest BCUT2D eigenvalue weighted by Gasteiger charge is -2.38. The van der Waals surface area contributed by atoms with Gasteiger partial charge in [-0.25, -0.2) is 0 Å². The minimum Gasteiger partial charge on any atom is -0.381 e. The van der Waals surface area contributed by atoms with Crippen LogP contribution in [0.4, 0.5) is 0 Å². The van der Waals surface area contributed by atoms with Crippen molar-refractivity contribution >= 4 is 0 Å². The third-order valence-electron chi connectivity index (χ3n) is 3.38. The van der Waals surface area contributed by atoms with E-state index in [1.165, 1.54) is 0 Å². The van der Waals surface area contributed by atoms with Gasteiger partial charge in [0.05, 0.1) is 12.2 Å². The molecule has 16 heavy (non-hydrogen) atoms. The topological polar surface area (TPSA) is 62.3 Å². The number of rotatable bonds is 6. The van der Waals surface area contributed by atoms with Gasteiger partial charge in [-0.05, 0) is 32.2 Å². The first-order valence-corrected chi connectivity index (χ1v) is 6.15. The van der Waals surface area contributed by atoms with Crippen LogP contribution in [0.3, 0.4) is 0 Å². The van der Waals surface area contributed by atoms with Crippen molar-refractivity contribution in [2.24, 2.45) is 5.73 Å². The molecular weight excluding hydrogens is 202 g/mol. The summed E-state index contributed by atoms with van der Waals surface area (Å²) in [7, 11) is 1.78. The van der Waals surface area contributed by atoms with Gasteiger partial charge in [0, 0.05) is 32.7 Å². The number of piperidine rings is 1. The normalized spacial score (nSPS) is 26.6. The first kappa shape index (κ1) is 13.4. The van der Waals surface area contributed by atoms with Crippen molar-refractivity contribution in [2.75, 3.05) is 26.7 Å². The van der Waals surface area contributed by atoms with Crippen molar-refractivity contribution in [1.29, 1.82) is 5.26 Å². The molecule has 1 aliphatic heterocycles. The summed E-state index contributed by atoms with van der Waals surface area (Å²) in [6.07, 6.45) is 5.29. The predicted molar refractivity (Wildman–Crippen MR) is 63.9 cm³/mol. The average molecular weight is 225 g/mol. The Balaban J connectivity index is 2.27. The smallest absolute Gasteiger partial charge is 0.0621 e. The van der Waals surface area contributed by atoms with Crippen LogP contribution in [0, 0.1) is 11.3 Å². The molecule has 2 N–H and O–H groups in total. The molecule has 1 fully saturated rings. The molecule has 0 aromatic carbocycles. The highest BCUT2D eigenvalue weighted by atomic mass is 16.5. The Morgan fingerprint density at radius 1 is 1.50 bits per heavy atom. The van der Waals surface area contributed by atoms with Crippen LogP contribution in [0.15, 0.2) is 0 Å². The third-order valence-corrected chi connectivity index (χ3v) is 3.38. The third kappa shape index (κ3) is 4.09. The minimum absolute atomic E-state index is 0.379. The van der Waals surface area contributed by atoms with Crippen LogP contribution in [-0.4, -0.2) is 43.8 Å². The van der Waals surface area contributed by atoms with E-state index in [1.807, 2.05) is 0 Å². The van der Waals surface area contributed by atoms with E-state index in [0.717, 1.165) is 38.8 Å². The van der Waals surface area contributed by atoms with E-state index in [1.54, 1.807) is 7.11 Å². The zero-order chi connectivity index (χ0) is 11.8. The number of methoxy groups -OCH3 is 1. The van der Waals surface area contributed by atoms with Crippen molar-refractivity contribution < 1.29 is 4.74 Å². The van der Waals surface area contributed by atoms with Crippen LogP contribution in [0.25, 0.3) is 0 Å². The lowest BCUT2D eigenvalue weighted by molar-refractivity contribution is 0.0129. The van der Waals surface area contributed by atoms with Crippen LogP contribution >= 0.6 is 0 Å². The lowest BCUT2D eigenvalue weighted by Crippen LogP contribution is -2.48. The quantitative estimate of drug-likeness (QED) is 0.688. The largest absolute Gasteiger partial charge is 0.381 e. The Morgan fingerprint density at radius 3 is 2.94 bits per heavy atom. The number of nitriles is 1.